The van der Waals surface area contributed by atoms with Crippen LogP contribution in [0.5, 0.6) is 11.5 Å². The summed E-state index contributed by atoms with van der Waals surface area (Å²) in [6, 6.07) is 8.64. The summed E-state index contributed by atoms with van der Waals surface area (Å²) in [6.45, 7) is 3.52. The molecule has 1 amide bonds. The molecule has 2 aromatic carbocycles. The Morgan fingerprint density at radius 1 is 1.25 bits per heavy atom. The third kappa shape index (κ3) is 3.07. The van der Waals surface area contributed by atoms with Crippen molar-refractivity contribution in [2.45, 2.75) is 45.0 Å². The van der Waals surface area contributed by atoms with E-state index >= 15 is 0 Å². The third-order valence-corrected chi connectivity index (χ3v) is 5.12. The number of ether oxygens (including phenoxy) is 2. The summed E-state index contributed by atoms with van der Waals surface area (Å²) in [7, 11) is 0. The van der Waals surface area contributed by atoms with Crippen molar-refractivity contribution in [3.63, 3.8) is 0 Å². The highest BCUT2D eigenvalue weighted by atomic mass is 19.4. The molecule has 4 rings (SSSR count). The van der Waals surface area contributed by atoms with Crippen LogP contribution in [-0.4, -0.2) is 34.5 Å². The highest BCUT2D eigenvalue weighted by molar-refractivity contribution is 5.98. The van der Waals surface area contributed by atoms with Gasteiger partial charge in [0.2, 0.25) is 0 Å². The van der Waals surface area contributed by atoms with Crippen LogP contribution in [0.1, 0.15) is 40.0 Å². The Hall–Kier alpha value is -2.74. The van der Waals surface area contributed by atoms with Crippen LogP contribution in [-0.2, 0) is 6.54 Å². The first-order valence-electron chi connectivity index (χ1n) is 8.79. The maximum absolute atomic E-state index is 12.9. The van der Waals surface area contributed by atoms with Gasteiger partial charge in [0.25, 0.3) is 5.91 Å². The molecule has 0 bridgehead atoms. The van der Waals surface area contributed by atoms with Crippen LogP contribution in [0.25, 0.3) is 0 Å². The Morgan fingerprint density at radius 3 is 2.64 bits per heavy atom. The second kappa shape index (κ2) is 6.41. The molecule has 2 aliphatic heterocycles. The highest BCUT2D eigenvalue weighted by Gasteiger charge is 2.44. The summed E-state index contributed by atoms with van der Waals surface area (Å²) in [5.74, 6) is -0.330. The molecule has 2 aliphatic rings. The number of fused-ring (bicyclic) bond motifs is 2. The van der Waals surface area contributed by atoms with Crippen molar-refractivity contribution in [1.82, 2.24) is 4.90 Å². The van der Waals surface area contributed by atoms with Gasteiger partial charge in [0.15, 0.2) is 0 Å². The number of rotatable bonds is 2. The molecule has 0 fully saturated rings. The number of hydrogen-bond acceptors (Lipinski definition) is 4. The largest absolute Gasteiger partial charge is 0.573 e. The molecular formula is C20H18F3NO4. The molecule has 0 saturated carbocycles. The molecule has 5 nitrogen and oxygen atoms in total. The number of amides is 1. The van der Waals surface area contributed by atoms with E-state index in [-0.39, 0.29) is 12.5 Å². The molecule has 28 heavy (non-hydrogen) atoms. The summed E-state index contributed by atoms with van der Waals surface area (Å²) in [4.78, 5) is 14.4. The number of aryl methyl sites for hydroxylation is 1. The number of alkyl halides is 3. The molecule has 2 aromatic rings. The van der Waals surface area contributed by atoms with Gasteiger partial charge >= 0.3 is 6.36 Å². The van der Waals surface area contributed by atoms with E-state index in [9.17, 15) is 23.1 Å². The van der Waals surface area contributed by atoms with Gasteiger partial charge in [0, 0.05) is 17.7 Å². The lowest BCUT2D eigenvalue weighted by atomic mass is 9.91. The van der Waals surface area contributed by atoms with Crippen molar-refractivity contribution in [3.8, 4) is 11.5 Å². The summed E-state index contributed by atoms with van der Waals surface area (Å²) in [6.07, 6.45) is -6.59. The van der Waals surface area contributed by atoms with E-state index in [1.54, 1.807) is 26.0 Å². The summed E-state index contributed by atoms with van der Waals surface area (Å²) < 4.78 is 48.0. The van der Waals surface area contributed by atoms with Crippen LogP contribution in [0, 0.1) is 6.92 Å². The zero-order valence-electron chi connectivity index (χ0n) is 15.2. The van der Waals surface area contributed by atoms with Crippen molar-refractivity contribution in [1.29, 1.82) is 0 Å². The van der Waals surface area contributed by atoms with Crippen LogP contribution < -0.4 is 9.47 Å². The monoisotopic (exact) mass is 393 g/mol. The molecule has 148 valence electrons. The van der Waals surface area contributed by atoms with Gasteiger partial charge in [-0.3, -0.25) is 4.79 Å². The number of aliphatic hydroxyl groups excluding tert-OH is 1. The van der Waals surface area contributed by atoms with Gasteiger partial charge in [0.05, 0.1) is 6.04 Å². The molecule has 3 atom stereocenters. The number of aliphatic hydroxyl groups is 1. The van der Waals surface area contributed by atoms with E-state index in [1.165, 1.54) is 17.0 Å². The molecular weight excluding hydrogens is 375 g/mol. The lowest BCUT2D eigenvalue weighted by Crippen LogP contribution is -2.47. The quantitative estimate of drug-likeness (QED) is 0.845. The first kappa shape index (κ1) is 18.6. The van der Waals surface area contributed by atoms with Crippen LogP contribution >= 0.6 is 0 Å². The first-order chi connectivity index (χ1) is 13.2. The SMILES string of the molecule is Cc1cc(OC(F)(F)F)cc2c1O[C@@H](C)[C@H](O)C2N1Cc2ccccc2C1=O. The zero-order chi connectivity index (χ0) is 20.2. The summed E-state index contributed by atoms with van der Waals surface area (Å²) in [5.41, 5.74) is 2.06. The van der Waals surface area contributed by atoms with Crippen molar-refractivity contribution in [2.75, 3.05) is 0 Å². The second-order valence-corrected chi connectivity index (χ2v) is 7.05. The van der Waals surface area contributed by atoms with Crippen LogP contribution in [0.3, 0.4) is 0 Å². The number of benzene rings is 2. The molecule has 1 unspecified atom stereocenters. The highest BCUT2D eigenvalue weighted by Crippen LogP contribution is 2.45. The van der Waals surface area contributed by atoms with Gasteiger partial charge in [-0.1, -0.05) is 18.2 Å². The third-order valence-electron chi connectivity index (χ3n) is 5.12. The smallest absolute Gasteiger partial charge is 0.487 e. The average molecular weight is 393 g/mol. The lowest BCUT2D eigenvalue weighted by Gasteiger charge is -2.40. The fourth-order valence-electron chi connectivity index (χ4n) is 3.89. The topological polar surface area (TPSA) is 59.0 Å². The van der Waals surface area contributed by atoms with Crippen molar-refractivity contribution >= 4 is 5.91 Å². The maximum Gasteiger partial charge on any atom is 0.573 e. The van der Waals surface area contributed by atoms with Crippen LogP contribution in [0.4, 0.5) is 13.2 Å². The predicted molar refractivity (Wildman–Crippen MR) is 93.0 cm³/mol. The molecule has 2 heterocycles. The summed E-state index contributed by atoms with van der Waals surface area (Å²) in [5, 5.41) is 10.8. The fourth-order valence-corrected chi connectivity index (χ4v) is 3.89. The Morgan fingerprint density at radius 2 is 1.96 bits per heavy atom. The van der Waals surface area contributed by atoms with Gasteiger partial charge < -0.3 is 19.5 Å². The number of hydrogen-bond donors (Lipinski definition) is 1. The number of carbonyl (C=O) groups is 1. The molecule has 0 spiro atoms. The second-order valence-electron chi connectivity index (χ2n) is 7.05. The normalized spacial score (nSPS) is 23.9. The molecule has 0 aromatic heterocycles. The minimum Gasteiger partial charge on any atom is -0.487 e. The van der Waals surface area contributed by atoms with E-state index < -0.39 is 30.4 Å². The predicted octanol–water partition coefficient (Wildman–Crippen LogP) is 3.73. The first-order valence-corrected chi connectivity index (χ1v) is 8.79. The standard InChI is InChI=1S/C20H18F3NO4/c1-10-7-13(28-20(21,22)23)8-15-16(17(25)11(2)27-18(10)15)24-9-12-5-3-4-6-14(12)19(24)26/h3-8,11,16-17,25H,9H2,1-2H3/t11-,16?,17-/m0/s1. The van der Waals surface area contributed by atoms with Crippen molar-refractivity contribution in [3.05, 3.63) is 58.7 Å². The minimum absolute atomic E-state index is 0.256. The van der Waals surface area contributed by atoms with Crippen LogP contribution in [0.2, 0.25) is 0 Å². The lowest BCUT2D eigenvalue weighted by molar-refractivity contribution is -0.274. The van der Waals surface area contributed by atoms with E-state index in [0.717, 1.165) is 5.56 Å². The Bertz CT molecular complexity index is 944. The van der Waals surface area contributed by atoms with Crippen molar-refractivity contribution < 1.29 is 32.5 Å². The van der Waals surface area contributed by atoms with Gasteiger partial charge in [0.1, 0.15) is 23.7 Å². The number of nitrogens with zero attached hydrogens (tertiary/aromatic N) is 1. The van der Waals surface area contributed by atoms with Gasteiger partial charge in [-0.2, -0.15) is 0 Å². The number of halogens is 3. The van der Waals surface area contributed by atoms with Gasteiger partial charge in [-0.05, 0) is 43.2 Å². The zero-order valence-corrected chi connectivity index (χ0v) is 15.2. The molecule has 8 heteroatoms. The molecule has 1 N–H and O–H groups in total. The van der Waals surface area contributed by atoms with Gasteiger partial charge in [-0.15, -0.1) is 13.2 Å². The number of carbonyl (C=O) groups excluding carboxylic acids is 1. The van der Waals surface area contributed by atoms with Gasteiger partial charge in [-0.25, -0.2) is 0 Å². The Labute approximate surface area is 159 Å². The minimum atomic E-state index is -4.85. The van der Waals surface area contributed by atoms with E-state index in [4.69, 9.17) is 4.74 Å². The van der Waals surface area contributed by atoms with E-state index in [0.29, 0.717) is 22.4 Å². The maximum atomic E-state index is 12.9. The van der Waals surface area contributed by atoms with Crippen molar-refractivity contribution in [2.24, 2.45) is 0 Å². The Balaban J connectivity index is 1.80. The summed E-state index contributed by atoms with van der Waals surface area (Å²) >= 11 is 0. The van der Waals surface area contributed by atoms with Crippen LogP contribution in [0.15, 0.2) is 36.4 Å². The van der Waals surface area contributed by atoms with E-state index in [1.807, 2.05) is 12.1 Å². The fraction of sp³-hybridized carbons (Fsp3) is 0.350. The molecule has 0 saturated heterocycles. The van der Waals surface area contributed by atoms with E-state index in [2.05, 4.69) is 4.74 Å². The Kier molecular flexibility index (Phi) is 4.26. The molecule has 0 aliphatic carbocycles. The molecule has 0 radical (unpaired) electrons. The average Bonchev–Trinajstić information content (AvgIpc) is 2.93.